The second kappa shape index (κ2) is 8.23. The van der Waals surface area contributed by atoms with Gasteiger partial charge in [-0.2, -0.15) is 0 Å². The summed E-state index contributed by atoms with van der Waals surface area (Å²) in [7, 11) is 1.53. The van der Waals surface area contributed by atoms with Gasteiger partial charge in [0.15, 0.2) is 11.1 Å². The number of furan rings is 1. The second-order valence-corrected chi connectivity index (χ2v) is 9.40. The Morgan fingerprint density at radius 1 is 1.22 bits per heavy atom. The first-order chi connectivity index (χ1) is 17.4. The molecular weight excluding hydrogens is 466 g/mol. The van der Waals surface area contributed by atoms with Crippen molar-refractivity contribution < 1.29 is 28.6 Å². The van der Waals surface area contributed by atoms with Crippen LogP contribution in [-0.4, -0.2) is 65.7 Å². The molecule has 3 aliphatic heterocycles. The monoisotopic (exact) mass is 491 g/mol. The normalized spacial score (nSPS) is 23.7. The number of hydrogen-bond donors (Lipinski definition) is 3. The van der Waals surface area contributed by atoms with Gasteiger partial charge in [-0.3, -0.25) is 14.9 Å². The molecule has 11 heteroatoms. The number of aromatic nitrogens is 1. The van der Waals surface area contributed by atoms with E-state index in [2.05, 4.69) is 15.6 Å². The maximum atomic E-state index is 13.2. The molecule has 0 aliphatic carbocycles. The van der Waals surface area contributed by atoms with Gasteiger partial charge in [0.05, 0.1) is 19.8 Å². The predicted octanol–water partition coefficient (Wildman–Crippen LogP) is 1.49. The summed E-state index contributed by atoms with van der Waals surface area (Å²) in [4.78, 5) is 46.8. The molecule has 0 bridgehead atoms. The number of nitrogens with zero attached hydrogens (tertiary/aromatic N) is 3. The molecule has 186 valence electrons. The Balaban J connectivity index is 1.34. The zero-order valence-electron chi connectivity index (χ0n) is 19.6. The second-order valence-electron chi connectivity index (χ2n) is 9.40. The summed E-state index contributed by atoms with van der Waals surface area (Å²) < 4.78 is 11.3. The van der Waals surface area contributed by atoms with Crippen LogP contribution in [0.25, 0.3) is 11.1 Å². The van der Waals surface area contributed by atoms with Crippen molar-refractivity contribution in [3.05, 3.63) is 53.3 Å². The number of pyridine rings is 1. The van der Waals surface area contributed by atoms with Gasteiger partial charge >= 0.3 is 6.03 Å². The molecule has 11 nitrogen and oxygen atoms in total. The number of benzene rings is 1. The lowest BCUT2D eigenvalue weighted by Gasteiger charge is -2.30. The summed E-state index contributed by atoms with van der Waals surface area (Å²) >= 11 is 0. The Labute approximate surface area is 206 Å². The number of β-amino-alcohol motifs (C(OH)–C–C–N with tert-alkyl or cyclic N) is 1. The summed E-state index contributed by atoms with van der Waals surface area (Å²) in [5.41, 5.74) is 0.646. The molecule has 2 fully saturated rings. The van der Waals surface area contributed by atoms with Gasteiger partial charge in [-0.15, -0.1) is 0 Å². The highest BCUT2D eigenvalue weighted by Gasteiger charge is 2.53. The van der Waals surface area contributed by atoms with Gasteiger partial charge in [-0.1, -0.05) is 6.07 Å². The van der Waals surface area contributed by atoms with Gasteiger partial charge in [0.1, 0.15) is 22.8 Å². The molecule has 2 aromatic heterocycles. The molecule has 0 radical (unpaired) electrons. The van der Waals surface area contributed by atoms with Crippen molar-refractivity contribution in [2.75, 3.05) is 31.6 Å². The summed E-state index contributed by atoms with van der Waals surface area (Å²) in [6.45, 7) is 1.44. The largest absolute Gasteiger partial charge is 0.497 e. The van der Waals surface area contributed by atoms with Crippen molar-refractivity contribution >= 4 is 34.8 Å². The van der Waals surface area contributed by atoms with Crippen LogP contribution in [0.5, 0.6) is 5.75 Å². The van der Waals surface area contributed by atoms with Crippen LogP contribution in [0.4, 0.5) is 10.6 Å². The van der Waals surface area contributed by atoms with E-state index >= 15 is 0 Å². The van der Waals surface area contributed by atoms with E-state index in [0.29, 0.717) is 34.8 Å². The highest BCUT2D eigenvalue weighted by atomic mass is 16.5. The maximum Gasteiger partial charge on any atom is 0.322 e. The number of methoxy groups -OCH3 is 1. The van der Waals surface area contributed by atoms with E-state index in [1.165, 1.54) is 12.0 Å². The lowest BCUT2D eigenvalue weighted by atomic mass is 9.95. The number of urea groups is 1. The van der Waals surface area contributed by atoms with Gasteiger partial charge in [-0.25, -0.2) is 9.78 Å². The molecule has 0 spiro atoms. The third-order valence-corrected chi connectivity index (χ3v) is 7.07. The van der Waals surface area contributed by atoms with Crippen molar-refractivity contribution in [3.63, 3.8) is 0 Å². The zero-order valence-corrected chi connectivity index (χ0v) is 19.6. The van der Waals surface area contributed by atoms with Crippen LogP contribution in [0.1, 0.15) is 34.5 Å². The number of aliphatic hydroxyl groups excluding tert-OH is 1. The van der Waals surface area contributed by atoms with E-state index in [9.17, 15) is 19.5 Å². The molecule has 2 saturated heterocycles. The maximum absolute atomic E-state index is 13.2. The first-order valence-electron chi connectivity index (χ1n) is 11.8. The van der Waals surface area contributed by atoms with Crippen LogP contribution in [0.3, 0.4) is 0 Å². The fraction of sp³-hybridized carbons (Fsp3) is 0.360. The Bertz CT molecular complexity index is 1400. The van der Waals surface area contributed by atoms with E-state index in [1.807, 2.05) is 17.0 Å². The summed E-state index contributed by atoms with van der Waals surface area (Å²) in [6.07, 6.45) is 1.22. The number of ether oxygens (including phenoxy) is 1. The number of hydrogen-bond acceptors (Lipinski definition) is 8. The van der Waals surface area contributed by atoms with E-state index in [1.54, 1.807) is 24.3 Å². The zero-order chi connectivity index (χ0) is 25.0. The minimum absolute atomic E-state index is 0.120. The number of anilines is 1. The fourth-order valence-corrected chi connectivity index (χ4v) is 5.20. The Morgan fingerprint density at radius 2 is 2.08 bits per heavy atom. The molecule has 5 heterocycles. The molecule has 1 aromatic carbocycles. The van der Waals surface area contributed by atoms with Crippen LogP contribution in [0.15, 0.2) is 40.8 Å². The van der Waals surface area contributed by atoms with Crippen molar-refractivity contribution in [1.82, 2.24) is 20.5 Å². The summed E-state index contributed by atoms with van der Waals surface area (Å²) in [6, 6.07) is 9.79. The van der Waals surface area contributed by atoms with Crippen molar-refractivity contribution in [2.24, 2.45) is 0 Å². The van der Waals surface area contributed by atoms with Crippen LogP contribution >= 0.6 is 0 Å². The van der Waals surface area contributed by atoms with Gasteiger partial charge in [-0.05, 0) is 42.7 Å². The van der Waals surface area contributed by atoms with Crippen molar-refractivity contribution in [3.8, 4) is 5.75 Å². The van der Waals surface area contributed by atoms with E-state index in [0.717, 1.165) is 24.9 Å². The van der Waals surface area contributed by atoms with Crippen LogP contribution in [-0.2, 0) is 16.9 Å². The average molecular weight is 492 g/mol. The third-order valence-electron chi connectivity index (χ3n) is 7.07. The lowest BCUT2D eigenvalue weighted by molar-refractivity contribution is -0.125. The number of rotatable bonds is 5. The Morgan fingerprint density at radius 3 is 2.83 bits per heavy atom. The number of nitrogens with one attached hydrogen (secondary N) is 2. The number of amides is 4. The third kappa shape index (κ3) is 3.54. The average Bonchev–Trinajstić information content (AvgIpc) is 3.52. The summed E-state index contributed by atoms with van der Waals surface area (Å²) in [5, 5.41) is 15.0. The number of aliphatic hydroxyl groups is 1. The number of fused-ring (bicyclic) bond motifs is 2. The van der Waals surface area contributed by atoms with Crippen LogP contribution in [0.2, 0.25) is 0 Å². The SMILES string of the molecule is COc1ccc2c(c1)C(=O)N(C[C@@]1(c3cc4nc(N5CCCC(O)C5)ccc4o3)NC(=O)NC1=O)C2. The highest BCUT2D eigenvalue weighted by Crippen LogP contribution is 2.35. The number of imide groups is 1. The Kier molecular flexibility index (Phi) is 5.11. The topological polar surface area (TPSA) is 137 Å². The number of carbonyl (C=O) groups excluding carboxylic acids is 3. The minimum atomic E-state index is -1.61. The molecule has 4 amide bonds. The molecule has 3 aliphatic rings. The Hall–Kier alpha value is -4.12. The van der Waals surface area contributed by atoms with Crippen molar-refractivity contribution in [2.45, 2.75) is 31.0 Å². The standard InChI is InChI=1S/C25H25N5O6/c1-35-16-5-4-14-11-30(22(32)17(14)9-16)13-25(23(33)27-24(34)28-25)20-10-18-19(36-20)6-7-21(26-18)29-8-2-3-15(31)12-29/h4-7,9-10,15,31H,2-3,8,11-13H2,1H3,(H2,27,28,33,34)/t15?,25-/m0/s1. The predicted molar refractivity (Wildman–Crippen MR) is 128 cm³/mol. The van der Waals surface area contributed by atoms with Crippen molar-refractivity contribution in [1.29, 1.82) is 0 Å². The molecule has 3 aromatic rings. The minimum Gasteiger partial charge on any atom is -0.497 e. The van der Waals surface area contributed by atoms with E-state index in [-0.39, 0.29) is 24.8 Å². The van der Waals surface area contributed by atoms with Gasteiger partial charge in [0.25, 0.3) is 11.8 Å². The van der Waals surface area contributed by atoms with Gasteiger partial charge in [0.2, 0.25) is 0 Å². The number of piperidine rings is 1. The summed E-state index contributed by atoms with van der Waals surface area (Å²) in [5.74, 6) is 0.572. The fourth-order valence-electron chi connectivity index (χ4n) is 5.20. The van der Waals surface area contributed by atoms with Gasteiger partial charge in [0, 0.05) is 31.3 Å². The molecule has 1 unspecified atom stereocenters. The van der Waals surface area contributed by atoms with E-state index < -0.39 is 23.6 Å². The van der Waals surface area contributed by atoms with Crippen LogP contribution in [0, 0.1) is 0 Å². The van der Waals surface area contributed by atoms with Crippen LogP contribution < -0.4 is 20.3 Å². The molecule has 0 saturated carbocycles. The molecule has 2 atom stereocenters. The van der Waals surface area contributed by atoms with E-state index in [4.69, 9.17) is 9.15 Å². The molecular formula is C25H25N5O6. The molecule has 6 rings (SSSR count). The first-order valence-corrected chi connectivity index (χ1v) is 11.8. The number of carbonyl (C=O) groups is 3. The van der Waals surface area contributed by atoms with Gasteiger partial charge < -0.3 is 29.4 Å². The first kappa shape index (κ1) is 22.4. The highest BCUT2D eigenvalue weighted by molar-refractivity contribution is 6.08. The smallest absolute Gasteiger partial charge is 0.322 e. The molecule has 3 N–H and O–H groups in total. The lowest BCUT2D eigenvalue weighted by Crippen LogP contribution is -2.52. The quantitative estimate of drug-likeness (QED) is 0.457. The molecule has 36 heavy (non-hydrogen) atoms.